The first-order chi connectivity index (χ1) is 12.8. The van der Waals surface area contributed by atoms with Crippen LogP contribution in [0.1, 0.15) is 37.0 Å². The third kappa shape index (κ3) is 4.68. The lowest BCUT2D eigenvalue weighted by Crippen LogP contribution is -3.22. The van der Waals surface area contributed by atoms with E-state index in [4.69, 9.17) is 4.74 Å². The maximum absolute atomic E-state index is 12.6. The zero-order valence-corrected chi connectivity index (χ0v) is 17.0. The average Bonchev–Trinajstić information content (AvgIpc) is 3.23. The van der Waals surface area contributed by atoms with Crippen LogP contribution in [0.15, 0.2) is 29.2 Å². The number of amides is 1. The molecule has 150 valence electrons. The summed E-state index contributed by atoms with van der Waals surface area (Å²) in [5.41, 5.74) is 0.390. The maximum Gasteiger partial charge on any atom is 0.251 e. The van der Waals surface area contributed by atoms with E-state index in [1.54, 1.807) is 12.1 Å². The predicted molar refractivity (Wildman–Crippen MR) is 102 cm³/mol. The lowest BCUT2D eigenvalue weighted by Gasteiger charge is -2.37. The van der Waals surface area contributed by atoms with Gasteiger partial charge >= 0.3 is 0 Å². The van der Waals surface area contributed by atoms with Crippen LogP contribution >= 0.6 is 0 Å². The number of hydrogen-bond acceptors (Lipinski definition) is 4. The van der Waals surface area contributed by atoms with Gasteiger partial charge in [-0.05, 0) is 51.0 Å². The Labute approximate surface area is 161 Å². The molecule has 27 heavy (non-hydrogen) atoms. The molecule has 1 aromatic rings. The van der Waals surface area contributed by atoms with Crippen molar-refractivity contribution in [1.29, 1.82) is 0 Å². The molecule has 3 rings (SSSR count). The molecule has 0 radical (unpaired) electrons. The van der Waals surface area contributed by atoms with Gasteiger partial charge in [-0.25, -0.2) is 8.42 Å². The van der Waals surface area contributed by atoms with Crippen molar-refractivity contribution in [2.75, 3.05) is 45.9 Å². The first-order valence-electron chi connectivity index (χ1n) is 9.62. The fourth-order valence-electron chi connectivity index (χ4n) is 3.68. The molecule has 0 aromatic heterocycles. The van der Waals surface area contributed by atoms with E-state index in [9.17, 15) is 13.2 Å². The first-order valence-corrected chi connectivity index (χ1v) is 11.1. The van der Waals surface area contributed by atoms with Crippen LogP contribution in [0.5, 0.6) is 0 Å². The molecule has 2 aliphatic rings. The smallest absolute Gasteiger partial charge is 0.251 e. The number of rotatable bonds is 6. The highest BCUT2D eigenvalue weighted by Gasteiger charge is 2.32. The van der Waals surface area contributed by atoms with Crippen LogP contribution in [0.4, 0.5) is 0 Å². The normalized spacial score (nSPS) is 19.9. The van der Waals surface area contributed by atoms with Gasteiger partial charge in [-0.15, -0.1) is 0 Å². The summed E-state index contributed by atoms with van der Waals surface area (Å²) in [5.74, 6) is -0.180. The molecule has 2 saturated heterocycles. The Morgan fingerprint density at radius 3 is 2.33 bits per heavy atom. The molecule has 0 saturated carbocycles. The lowest BCUT2D eigenvalue weighted by atomic mass is 10.0. The van der Waals surface area contributed by atoms with Crippen LogP contribution in [0.25, 0.3) is 0 Å². The Hall–Kier alpha value is -1.48. The molecular formula is C19H30N3O4S+. The van der Waals surface area contributed by atoms with E-state index in [1.807, 2.05) is 0 Å². The van der Waals surface area contributed by atoms with Gasteiger partial charge in [0.1, 0.15) is 18.6 Å². The average molecular weight is 397 g/mol. The van der Waals surface area contributed by atoms with Crippen LogP contribution in [0.2, 0.25) is 0 Å². The molecule has 0 atom stereocenters. The largest absolute Gasteiger partial charge is 0.370 e. The van der Waals surface area contributed by atoms with Gasteiger partial charge in [-0.1, -0.05) is 0 Å². The van der Waals surface area contributed by atoms with Gasteiger partial charge in [-0.3, -0.25) is 4.79 Å². The molecule has 2 fully saturated rings. The molecule has 0 unspecified atom stereocenters. The van der Waals surface area contributed by atoms with Gasteiger partial charge in [0, 0.05) is 18.7 Å². The van der Waals surface area contributed by atoms with Crippen LogP contribution in [0.3, 0.4) is 0 Å². The molecule has 0 spiro atoms. The van der Waals surface area contributed by atoms with Crippen molar-refractivity contribution in [2.24, 2.45) is 0 Å². The summed E-state index contributed by atoms with van der Waals surface area (Å²) in [4.78, 5) is 14.2. The fraction of sp³-hybridized carbons (Fsp3) is 0.632. The second-order valence-corrected chi connectivity index (χ2v) is 9.86. The number of quaternary nitrogens is 1. The Morgan fingerprint density at radius 1 is 1.15 bits per heavy atom. The Balaban J connectivity index is 1.60. The highest BCUT2D eigenvalue weighted by molar-refractivity contribution is 7.89. The monoisotopic (exact) mass is 396 g/mol. The second-order valence-electron chi connectivity index (χ2n) is 7.92. The Bertz CT molecular complexity index is 750. The molecule has 2 aliphatic heterocycles. The number of nitrogens with one attached hydrogen (secondary N) is 2. The van der Waals surface area contributed by atoms with Crippen LogP contribution in [-0.2, 0) is 14.8 Å². The molecule has 0 bridgehead atoms. The first kappa shape index (κ1) is 20.3. The Morgan fingerprint density at radius 2 is 1.74 bits per heavy atom. The summed E-state index contributed by atoms with van der Waals surface area (Å²) in [6, 6.07) is 6.24. The molecule has 0 aliphatic carbocycles. The fourth-order valence-corrected chi connectivity index (χ4v) is 5.20. The van der Waals surface area contributed by atoms with Crippen molar-refractivity contribution >= 4 is 15.9 Å². The number of benzene rings is 1. The Kier molecular flexibility index (Phi) is 6.20. The molecule has 2 N–H and O–H groups in total. The lowest BCUT2D eigenvalue weighted by molar-refractivity contribution is -0.954. The molecule has 1 aromatic carbocycles. The van der Waals surface area contributed by atoms with Crippen molar-refractivity contribution in [1.82, 2.24) is 9.62 Å². The number of carbonyl (C=O) groups is 1. The van der Waals surface area contributed by atoms with E-state index in [0.29, 0.717) is 25.2 Å². The minimum absolute atomic E-state index is 0.0848. The van der Waals surface area contributed by atoms with E-state index in [2.05, 4.69) is 19.2 Å². The van der Waals surface area contributed by atoms with Gasteiger partial charge in [-0.2, -0.15) is 4.31 Å². The third-order valence-corrected chi connectivity index (χ3v) is 7.48. The molecule has 8 heteroatoms. The van der Waals surface area contributed by atoms with Gasteiger partial charge in [0.15, 0.2) is 0 Å². The highest BCUT2D eigenvalue weighted by Crippen LogP contribution is 2.21. The summed E-state index contributed by atoms with van der Waals surface area (Å²) >= 11 is 0. The molecule has 1 amide bonds. The summed E-state index contributed by atoms with van der Waals surface area (Å²) in [6.07, 6.45) is 1.81. The standard InChI is InChI=1S/C19H29N3O4S/c1-19(2,21-11-13-26-14-12-21)15-20-18(23)16-5-7-17(8-6-16)27(24,25)22-9-3-4-10-22/h5-8H,3-4,9-15H2,1-2H3,(H,20,23)/p+1. The van der Waals surface area contributed by atoms with E-state index in [0.717, 1.165) is 39.1 Å². The maximum atomic E-state index is 12.6. The van der Waals surface area contributed by atoms with Gasteiger partial charge in [0.25, 0.3) is 5.91 Å². The van der Waals surface area contributed by atoms with Crippen molar-refractivity contribution in [2.45, 2.75) is 37.1 Å². The van der Waals surface area contributed by atoms with Crippen molar-refractivity contribution in [3.8, 4) is 0 Å². The van der Waals surface area contributed by atoms with Crippen molar-refractivity contribution in [3.05, 3.63) is 29.8 Å². The topological polar surface area (TPSA) is 80.2 Å². The van der Waals surface area contributed by atoms with Gasteiger partial charge in [0.05, 0.1) is 24.7 Å². The van der Waals surface area contributed by atoms with Crippen molar-refractivity contribution in [3.63, 3.8) is 0 Å². The number of sulfonamides is 1. The zero-order chi connectivity index (χ0) is 19.5. The van der Waals surface area contributed by atoms with E-state index >= 15 is 0 Å². The van der Waals surface area contributed by atoms with Crippen LogP contribution < -0.4 is 10.2 Å². The third-order valence-electron chi connectivity index (χ3n) is 5.56. The summed E-state index contributed by atoms with van der Waals surface area (Å²) in [7, 11) is -3.44. The van der Waals surface area contributed by atoms with Gasteiger partial charge < -0.3 is 15.0 Å². The number of morpholine rings is 1. The number of hydrogen-bond donors (Lipinski definition) is 2. The predicted octanol–water partition coefficient (Wildman–Crippen LogP) is -0.105. The summed E-state index contributed by atoms with van der Waals surface area (Å²) in [5, 5.41) is 2.99. The van der Waals surface area contributed by atoms with E-state index < -0.39 is 10.0 Å². The van der Waals surface area contributed by atoms with Gasteiger partial charge in [0.2, 0.25) is 10.0 Å². The zero-order valence-electron chi connectivity index (χ0n) is 16.2. The van der Waals surface area contributed by atoms with E-state index in [1.165, 1.54) is 21.3 Å². The molecule has 7 nitrogen and oxygen atoms in total. The van der Waals surface area contributed by atoms with Crippen molar-refractivity contribution < 1.29 is 22.8 Å². The SMILES string of the molecule is CC(C)(CNC(=O)c1ccc(S(=O)(=O)N2CCCC2)cc1)[NH+]1CCOCC1. The minimum atomic E-state index is -3.44. The molecular weight excluding hydrogens is 366 g/mol. The highest BCUT2D eigenvalue weighted by atomic mass is 32.2. The second kappa shape index (κ2) is 8.26. The van der Waals surface area contributed by atoms with E-state index in [-0.39, 0.29) is 16.3 Å². The quantitative estimate of drug-likeness (QED) is 0.704. The molecule has 2 heterocycles. The number of carbonyl (C=O) groups excluding carboxylic acids is 1. The minimum Gasteiger partial charge on any atom is -0.370 e. The number of nitrogens with zero attached hydrogens (tertiary/aromatic N) is 1. The van der Waals surface area contributed by atoms with Crippen LogP contribution in [0, 0.1) is 0 Å². The summed E-state index contributed by atoms with van der Waals surface area (Å²) < 4.78 is 32.0. The number of ether oxygens (including phenoxy) is 1. The van der Waals surface area contributed by atoms with Crippen LogP contribution in [-0.4, -0.2) is 70.1 Å². The summed E-state index contributed by atoms with van der Waals surface area (Å²) in [6.45, 7) is 9.35.